The van der Waals surface area contributed by atoms with Crippen molar-refractivity contribution in [3.63, 3.8) is 0 Å². The fraction of sp³-hybridized carbons (Fsp3) is 0.0800. The number of amides is 1. The summed E-state index contributed by atoms with van der Waals surface area (Å²) in [7, 11) is 0. The highest BCUT2D eigenvalue weighted by Crippen LogP contribution is 2.30. The number of furan rings is 1. The molecule has 0 aliphatic carbocycles. The molecule has 0 bridgehead atoms. The fourth-order valence-corrected chi connectivity index (χ4v) is 4.17. The number of hydrogen-bond donors (Lipinski definition) is 2. The number of hydrogen-bond acceptors (Lipinski definition) is 5. The predicted molar refractivity (Wildman–Crippen MR) is 135 cm³/mol. The molecule has 5 aromatic rings. The van der Waals surface area contributed by atoms with Crippen molar-refractivity contribution in [2.24, 2.45) is 0 Å². The van der Waals surface area contributed by atoms with Crippen LogP contribution in [0.3, 0.4) is 0 Å². The van der Waals surface area contributed by atoms with E-state index in [-0.39, 0.29) is 5.91 Å². The van der Waals surface area contributed by atoms with Gasteiger partial charge in [0.25, 0.3) is 5.91 Å². The second-order valence-corrected chi connectivity index (χ2v) is 8.86. The van der Waals surface area contributed by atoms with E-state index in [9.17, 15) is 4.79 Å². The van der Waals surface area contributed by atoms with Crippen molar-refractivity contribution in [1.29, 1.82) is 0 Å². The molecule has 0 saturated carbocycles. The van der Waals surface area contributed by atoms with Crippen molar-refractivity contribution in [1.82, 2.24) is 19.9 Å². The fourth-order valence-electron chi connectivity index (χ4n) is 3.59. The summed E-state index contributed by atoms with van der Waals surface area (Å²) in [6, 6.07) is 19.2. The van der Waals surface area contributed by atoms with Crippen molar-refractivity contribution >= 4 is 44.9 Å². The van der Waals surface area contributed by atoms with E-state index in [0.29, 0.717) is 29.3 Å². The van der Waals surface area contributed by atoms with Crippen LogP contribution in [0, 0.1) is 0 Å². The van der Waals surface area contributed by atoms with Gasteiger partial charge < -0.3 is 15.1 Å². The summed E-state index contributed by atoms with van der Waals surface area (Å²) >= 11 is 9.95. The first kappa shape index (κ1) is 22.2. The molecule has 0 radical (unpaired) electrons. The smallest absolute Gasteiger partial charge is 0.254 e. The maximum Gasteiger partial charge on any atom is 0.254 e. The molecule has 0 unspecified atom stereocenters. The summed E-state index contributed by atoms with van der Waals surface area (Å²) < 4.78 is 7.51. The lowest BCUT2D eigenvalue weighted by molar-refractivity contribution is 0.0950. The van der Waals surface area contributed by atoms with E-state index in [1.54, 1.807) is 16.8 Å². The molecule has 2 N–H and O–H groups in total. The topological polar surface area (TPSA) is 84.5 Å². The molecule has 3 aromatic heterocycles. The Morgan fingerprint density at radius 3 is 2.68 bits per heavy atom. The van der Waals surface area contributed by atoms with Crippen LogP contribution in [0.25, 0.3) is 16.9 Å². The van der Waals surface area contributed by atoms with Crippen LogP contribution in [-0.4, -0.2) is 20.5 Å². The Labute approximate surface area is 208 Å². The number of nitrogens with zero attached hydrogens (tertiary/aromatic N) is 3. The molecule has 9 heteroatoms. The molecule has 0 aliphatic heterocycles. The molecule has 5 rings (SSSR count). The van der Waals surface area contributed by atoms with Gasteiger partial charge in [-0.2, -0.15) is 9.61 Å². The Bertz CT molecular complexity index is 1470. The molecule has 3 heterocycles. The van der Waals surface area contributed by atoms with Crippen LogP contribution in [-0.2, 0) is 13.1 Å². The molecule has 7 nitrogen and oxygen atoms in total. The number of fused-ring (bicyclic) bond motifs is 1. The highest BCUT2D eigenvalue weighted by Gasteiger charge is 2.13. The molecule has 0 saturated heterocycles. The maximum absolute atomic E-state index is 12.2. The lowest BCUT2D eigenvalue weighted by atomic mass is 10.1. The number of anilines is 1. The Morgan fingerprint density at radius 2 is 1.88 bits per heavy atom. The zero-order valence-corrected chi connectivity index (χ0v) is 20.2. The van der Waals surface area contributed by atoms with Crippen molar-refractivity contribution in [3.8, 4) is 11.3 Å². The average molecular weight is 537 g/mol. The second-order valence-electron chi connectivity index (χ2n) is 7.60. The number of halogens is 2. The predicted octanol–water partition coefficient (Wildman–Crippen LogP) is 5.95. The Hall–Kier alpha value is -3.62. The number of rotatable bonds is 7. The first-order valence-corrected chi connectivity index (χ1v) is 11.7. The van der Waals surface area contributed by atoms with Crippen LogP contribution in [0.5, 0.6) is 0 Å². The third-order valence-corrected chi connectivity index (χ3v) is 6.17. The normalized spacial score (nSPS) is 11.0. The highest BCUT2D eigenvalue weighted by atomic mass is 79.9. The largest absolute Gasteiger partial charge is 0.472 e. The lowest BCUT2D eigenvalue weighted by Crippen LogP contribution is -2.22. The van der Waals surface area contributed by atoms with E-state index in [4.69, 9.17) is 21.0 Å². The first-order chi connectivity index (χ1) is 16.6. The Balaban J connectivity index is 1.35. The lowest BCUT2D eigenvalue weighted by Gasteiger charge is -2.12. The molecular formula is C25H19BrClN5O2. The Morgan fingerprint density at radius 1 is 1.06 bits per heavy atom. The van der Waals surface area contributed by atoms with E-state index in [2.05, 4.69) is 37.7 Å². The van der Waals surface area contributed by atoms with Crippen molar-refractivity contribution < 1.29 is 9.21 Å². The van der Waals surface area contributed by atoms with Crippen molar-refractivity contribution in [3.05, 3.63) is 106 Å². The van der Waals surface area contributed by atoms with Gasteiger partial charge in [-0.1, -0.05) is 54.1 Å². The molecule has 2 aromatic carbocycles. The first-order valence-electron chi connectivity index (χ1n) is 10.5. The minimum Gasteiger partial charge on any atom is -0.472 e. The van der Waals surface area contributed by atoms with Gasteiger partial charge in [-0.25, -0.2) is 4.98 Å². The van der Waals surface area contributed by atoms with Gasteiger partial charge in [-0.3, -0.25) is 4.79 Å². The Kier molecular flexibility index (Phi) is 6.33. The van der Waals surface area contributed by atoms with E-state index in [1.807, 2.05) is 48.5 Å². The van der Waals surface area contributed by atoms with E-state index >= 15 is 0 Å². The van der Waals surface area contributed by atoms with E-state index in [1.165, 1.54) is 12.5 Å². The molecule has 0 aliphatic rings. The summed E-state index contributed by atoms with van der Waals surface area (Å²) in [4.78, 5) is 16.9. The van der Waals surface area contributed by atoms with Crippen molar-refractivity contribution in [2.45, 2.75) is 13.1 Å². The van der Waals surface area contributed by atoms with Crippen LogP contribution in [0.1, 0.15) is 21.5 Å². The number of nitrogens with one attached hydrogen (secondary N) is 2. The average Bonchev–Trinajstić information content (AvgIpc) is 3.52. The molecular weight excluding hydrogens is 518 g/mol. The van der Waals surface area contributed by atoms with Gasteiger partial charge in [0, 0.05) is 29.7 Å². The highest BCUT2D eigenvalue weighted by molar-refractivity contribution is 9.10. The number of carbonyl (C=O) groups is 1. The summed E-state index contributed by atoms with van der Waals surface area (Å²) in [6.07, 6.45) is 4.62. The van der Waals surface area contributed by atoms with Crippen LogP contribution in [0.4, 0.5) is 5.82 Å². The number of benzene rings is 2. The standard InChI is InChI=1S/C25H19BrClN5O2/c26-20-14-30-32-23(11-22(31-24(20)32)19-6-1-2-7-21(19)27)28-12-16-4-3-5-17(10-16)13-29-25(33)18-8-9-34-15-18/h1-11,14-15,28H,12-13H2,(H,29,33). The minimum absolute atomic E-state index is 0.173. The summed E-state index contributed by atoms with van der Waals surface area (Å²) in [6.45, 7) is 0.974. The zero-order chi connectivity index (χ0) is 23.5. The van der Waals surface area contributed by atoms with Gasteiger partial charge in [0.15, 0.2) is 5.65 Å². The molecule has 0 spiro atoms. The van der Waals surface area contributed by atoms with Crippen LogP contribution < -0.4 is 10.6 Å². The maximum atomic E-state index is 12.2. The number of carbonyl (C=O) groups excluding carboxylic acids is 1. The van der Waals surface area contributed by atoms with E-state index in [0.717, 1.165) is 32.7 Å². The zero-order valence-electron chi connectivity index (χ0n) is 17.8. The molecule has 170 valence electrons. The summed E-state index contributed by atoms with van der Waals surface area (Å²) in [5.41, 5.74) is 4.84. The monoisotopic (exact) mass is 535 g/mol. The van der Waals surface area contributed by atoms with Gasteiger partial charge in [-0.15, -0.1) is 0 Å². The summed E-state index contributed by atoms with van der Waals surface area (Å²) in [5, 5.41) is 11.4. The van der Waals surface area contributed by atoms with Crippen LogP contribution in [0.2, 0.25) is 5.02 Å². The SMILES string of the molecule is O=C(NCc1cccc(CNc2cc(-c3ccccc3Cl)nc3c(Br)cnn23)c1)c1ccoc1. The van der Waals surface area contributed by atoms with Gasteiger partial charge in [0.1, 0.15) is 12.1 Å². The third kappa shape index (κ3) is 4.69. The van der Waals surface area contributed by atoms with Gasteiger partial charge in [0.2, 0.25) is 0 Å². The quantitative estimate of drug-likeness (QED) is 0.269. The summed E-state index contributed by atoms with van der Waals surface area (Å²) in [5.74, 6) is 0.608. The minimum atomic E-state index is -0.173. The van der Waals surface area contributed by atoms with E-state index < -0.39 is 0 Å². The molecule has 34 heavy (non-hydrogen) atoms. The van der Waals surface area contributed by atoms with Gasteiger partial charge in [0.05, 0.1) is 28.2 Å². The van der Waals surface area contributed by atoms with Crippen LogP contribution >= 0.6 is 27.5 Å². The molecule has 0 atom stereocenters. The number of aromatic nitrogens is 3. The van der Waals surface area contributed by atoms with Gasteiger partial charge >= 0.3 is 0 Å². The third-order valence-electron chi connectivity index (χ3n) is 5.28. The second kappa shape index (κ2) is 9.70. The van der Waals surface area contributed by atoms with Crippen molar-refractivity contribution in [2.75, 3.05) is 5.32 Å². The van der Waals surface area contributed by atoms with Gasteiger partial charge in [-0.05, 0) is 39.2 Å². The molecule has 1 amide bonds. The molecule has 0 fully saturated rings. The van der Waals surface area contributed by atoms with Crippen LogP contribution in [0.15, 0.2) is 88.3 Å².